The lowest BCUT2D eigenvalue weighted by molar-refractivity contribution is -0.137. The number of pyridine rings is 1. The lowest BCUT2D eigenvalue weighted by atomic mass is 9.86. The van der Waals surface area contributed by atoms with E-state index in [1.165, 1.54) is 38.5 Å². The lowest BCUT2D eigenvalue weighted by Gasteiger charge is -2.21. The Morgan fingerprint density at radius 2 is 1.87 bits per heavy atom. The monoisotopic (exact) mass is 531 g/mol. The van der Waals surface area contributed by atoms with Crippen molar-refractivity contribution in [3.05, 3.63) is 71.6 Å². The van der Waals surface area contributed by atoms with Crippen molar-refractivity contribution in [2.24, 2.45) is 10.9 Å². The summed E-state index contributed by atoms with van der Waals surface area (Å²) < 4.78 is 5.96. The first-order valence-electron chi connectivity index (χ1n) is 14.5. The Hall–Kier alpha value is -3.48. The number of rotatable bonds is 14. The van der Waals surface area contributed by atoms with E-state index < -0.39 is 12.0 Å². The molecule has 7 nitrogen and oxygen atoms in total. The van der Waals surface area contributed by atoms with Crippen LogP contribution in [-0.4, -0.2) is 47.1 Å². The first kappa shape index (κ1) is 28.5. The van der Waals surface area contributed by atoms with Crippen LogP contribution in [0.15, 0.2) is 59.9 Å². The van der Waals surface area contributed by atoms with Crippen LogP contribution < -0.4 is 5.32 Å². The minimum absolute atomic E-state index is 0.0818. The molecule has 7 heteroatoms. The normalized spacial score (nSPS) is 17.9. The Balaban J connectivity index is 1.39. The number of unbranched alkanes of at least 4 members (excludes halogenated alkanes) is 3. The summed E-state index contributed by atoms with van der Waals surface area (Å²) >= 11 is 0. The molecule has 1 saturated carbocycles. The van der Waals surface area contributed by atoms with Crippen LogP contribution in [0.2, 0.25) is 0 Å². The maximum absolute atomic E-state index is 12.8. The van der Waals surface area contributed by atoms with Crippen LogP contribution in [0.1, 0.15) is 93.7 Å². The zero-order valence-electron chi connectivity index (χ0n) is 22.8. The van der Waals surface area contributed by atoms with Crippen LogP contribution in [0, 0.1) is 5.92 Å². The van der Waals surface area contributed by atoms with Gasteiger partial charge in [0.1, 0.15) is 6.61 Å². The van der Waals surface area contributed by atoms with Crippen LogP contribution in [0.4, 0.5) is 0 Å². The summed E-state index contributed by atoms with van der Waals surface area (Å²) in [5, 5.41) is 12.0. The fourth-order valence-corrected chi connectivity index (χ4v) is 5.50. The van der Waals surface area contributed by atoms with Crippen LogP contribution in [0.25, 0.3) is 5.57 Å². The van der Waals surface area contributed by atoms with Gasteiger partial charge in [-0.25, -0.2) is 4.99 Å². The molecule has 1 fully saturated rings. The number of nitrogens with one attached hydrogen (secondary N) is 1. The van der Waals surface area contributed by atoms with Crippen molar-refractivity contribution in [2.75, 3.05) is 13.2 Å². The fourth-order valence-electron chi connectivity index (χ4n) is 5.50. The van der Waals surface area contributed by atoms with Crippen molar-refractivity contribution in [3.63, 3.8) is 0 Å². The van der Waals surface area contributed by atoms with Gasteiger partial charge in [-0.3, -0.25) is 14.6 Å². The van der Waals surface area contributed by atoms with E-state index in [0.717, 1.165) is 53.9 Å². The third kappa shape index (κ3) is 8.77. The highest BCUT2D eigenvalue weighted by Crippen LogP contribution is 2.29. The van der Waals surface area contributed by atoms with Gasteiger partial charge in [0.15, 0.2) is 6.04 Å². The maximum Gasteiger partial charge on any atom is 0.303 e. The maximum atomic E-state index is 12.8. The lowest BCUT2D eigenvalue weighted by Crippen LogP contribution is -2.34. The minimum atomic E-state index is -0.772. The number of hydrogen-bond acceptors (Lipinski definition) is 5. The number of carbonyl (C=O) groups excluding carboxylic acids is 1. The average molecular weight is 532 g/mol. The Bertz CT molecular complexity index is 1140. The van der Waals surface area contributed by atoms with E-state index in [9.17, 15) is 9.59 Å². The van der Waals surface area contributed by atoms with Crippen LogP contribution in [-0.2, 0) is 14.3 Å². The molecule has 2 heterocycles. The first-order valence-corrected chi connectivity index (χ1v) is 14.5. The molecule has 2 N–H and O–H groups in total. The Labute approximate surface area is 231 Å². The summed E-state index contributed by atoms with van der Waals surface area (Å²) in [5.74, 6) is 0.497. The summed E-state index contributed by atoms with van der Waals surface area (Å²) in [6, 6.07) is 11.3. The number of carbonyl (C=O) groups is 2. The molecule has 4 rings (SSSR count). The highest BCUT2D eigenvalue weighted by Gasteiger charge is 2.28. The van der Waals surface area contributed by atoms with E-state index in [2.05, 4.69) is 21.4 Å². The fraction of sp³-hybridized carbons (Fsp3) is 0.500. The zero-order chi connectivity index (χ0) is 27.3. The molecule has 1 atom stereocenters. The predicted octanol–water partition coefficient (Wildman–Crippen LogP) is 6.17. The third-order valence-corrected chi connectivity index (χ3v) is 7.63. The van der Waals surface area contributed by atoms with Gasteiger partial charge in [-0.15, -0.1) is 0 Å². The Morgan fingerprint density at radius 3 is 2.67 bits per heavy atom. The van der Waals surface area contributed by atoms with Crippen molar-refractivity contribution >= 4 is 23.3 Å². The van der Waals surface area contributed by atoms with E-state index in [4.69, 9.17) is 9.84 Å². The van der Waals surface area contributed by atoms with Gasteiger partial charge in [-0.05, 0) is 54.9 Å². The van der Waals surface area contributed by atoms with Gasteiger partial charge in [-0.2, -0.15) is 0 Å². The van der Waals surface area contributed by atoms with E-state index in [1.807, 2.05) is 42.6 Å². The number of carboxylic acids is 1. The van der Waals surface area contributed by atoms with Gasteiger partial charge in [0.2, 0.25) is 11.8 Å². The van der Waals surface area contributed by atoms with Crippen LogP contribution in [0.5, 0.6) is 0 Å². The summed E-state index contributed by atoms with van der Waals surface area (Å²) in [7, 11) is 0. The summed E-state index contributed by atoms with van der Waals surface area (Å²) in [4.78, 5) is 32.7. The smallest absolute Gasteiger partial charge is 0.303 e. The molecule has 39 heavy (non-hydrogen) atoms. The SMILES string of the molecule is O=C(O)CCCC/C=C(/c1cccnc1)c1ccccc1C1=NC(C(=O)NCCCCC2CCCCC2)CO1. The van der Waals surface area contributed by atoms with Gasteiger partial charge in [0.25, 0.3) is 0 Å². The van der Waals surface area contributed by atoms with E-state index in [1.54, 1.807) is 6.20 Å². The summed E-state index contributed by atoms with van der Waals surface area (Å²) in [6.45, 7) is 0.915. The van der Waals surface area contributed by atoms with Gasteiger partial charge < -0.3 is 15.2 Å². The van der Waals surface area contributed by atoms with Crippen molar-refractivity contribution in [1.29, 1.82) is 0 Å². The number of hydrogen-bond donors (Lipinski definition) is 2. The number of nitrogens with zero attached hydrogens (tertiary/aromatic N) is 2. The van der Waals surface area contributed by atoms with Crippen LogP contribution in [0.3, 0.4) is 0 Å². The molecule has 0 saturated heterocycles. The van der Waals surface area contributed by atoms with Crippen molar-refractivity contribution in [2.45, 2.75) is 83.1 Å². The molecule has 1 aromatic carbocycles. The Morgan fingerprint density at radius 1 is 1.03 bits per heavy atom. The quantitative estimate of drug-likeness (QED) is 0.284. The second-order valence-corrected chi connectivity index (χ2v) is 10.6. The summed E-state index contributed by atoms with van der Waals surface area (Å²) in [6.07, 6.45) is 18.3. The van der Waals surface area contributed by atoms with Gasteiger partial charge in [0.05, 0.1) is 0 Å². The third-order valence-electron chi connectivity index (χ3n) is 7.63. The number of aliphatic carboxylic acids is 1. The van der Waals surface area contributed by atoms with E-state index >= 15 is 0 Å². The highest BCUT2D eigenvalue weighted by atomic mass is 16.5. The zero-order valence-corrected chi connectivity index (χ0v) is 22.8. The molecule has 1 unspecified atom stereocenters. The molecule has 2 aliphatic rings. The predicted molar refractivity (Wildman–Crippen MR) is 154 cm³/mol. The molecule has 0 bridgehead atoms. The molecule has 208 valence electrons. The van der Waals surface area contributed by atoms with Crippen molar-refractivity contribution < 1.29 is 19.4 Å². The van der Waals surface area contributed by atoms with Gasteiger partial charge >= 0.3 is 5.97 Å². The molecular formula is C32H41N3O4. The number of aromatic nitrogens is 1. The number of amides is 1. The second kappa shape index (κ2) is 15.2. The number of aliphatic imine (C=N–C) groups is 1. The molecule has 1 aliphatic heterocycles. The first-order chi connectivity index (χ1) is 19.1. The highest BCUT2D eigenvalue weighted by molar-refractivity contribution is 6.03. The largest absolute Gasteiger partial charge is 0.481 e. The molecule has 0 radical (unpaired) electrons. The second-order valence-electron chi connectivity index (χ2n) is 10.6. The van der Waals surface area contributed by atoms with E-state index in [-0.39, 0.29) is 18.9 Å². The topological polar surface area (TPSA) is 101 Å². The number of ether oxygens (including phenoxy) is 1. The summed E-state index contributed by atoms with van der Waals surface area (Å²) in [5.41, 5.74) is 3.74. The molecule has 1 aromatic heterocycles. The van der Waals surface area contributed by atoms with Crippen molar-refractivity contribution in [3.8, 4) is 0 Å². The van der Waals surface area contributed by atoms with Crippen LogP contribution >= 0.6 is 0 Å². The molecular weight excluding hydrogens is 490 g/mol. The molecule has 2 aromatic rings. The average Bonchev–Trinajstić information content (AvgIpc) is 3.46. The van der Waals surface area contributed by atoms with Gasteiger partial charge in [-0.1, -0.05) is 75.3 Å². The Kier molecular flexibility index (Phi) is 11.1. The molecule has 0 spiro atoms. The molecule has 1 aliphatic carbocycles. The van der Waals surface area contributed by atoms with E-state index in [0.29, 0.717) is 18.9 Å². The number of allylic oxidation sites excluding steroid dienone is 1. The number of benzene rings is 1. The standard InChI is InChI=1S/C32H41N3O4/c36-30(37)19-6-2-5-16-26(25-15-11-20-33-22-25)27-17-7-8-18-28(27)32-35-29(23-39-32)31(38)34-21-10-9-14-24-12-3-1-4-13-24/h7-8,11,15-18,20,22,24,29H,1-6,9-10,12-14,19,21,23H2,(H,34,38)(H,36,37)/b26-16-. The van der Waals surface area contributed by atoms with Gasteiger partial charge in [0, 0.05) is 36.5 Å². The molecule has 1 amide bonds. The minimum Gasteiger partial charge on any atom is -0.481 e. The number of carboxylic acid groups (broad SMARTS) is 1. The van der Waals surface area contributed by atoms with Crippen molar-refractivity contribution in [1.82, 2.24) is 10.3 Å².